The molecule has 4 rings (SSSR count). The molecule has 150 valence electrons. The summed E-state index contributed by atoms with van der Waals surface area (Å²) in [6, 6.07) is 21.3. The van der Waals surface area contributed by atoms with Crippen molar-refractivity contribution in [3.05, 3.63) is 104 Å². The summed E-state index contributed by atoms with van der Waals surface area (Å²) in [6.45, 7) is 0.639. The van der Waals surface area contributed by atoms with Crippen molar-refractivity contribution < 1.29 is 4.79 Å². The molecule has 7 heteroatoms. The lowest BCUT2D eigenvalue weighted by Gasteiger charge is -2.05. The number of carbonyl (C=O) groups is 1. The molecule has 0 saturated carbocycles. The monoisotopic (exact) mass is 543 g/mol. The molecule has 4 aromatic rings. The summed E-state index contributed by atoms with van der Waals surface area (Å²) in [5.41, 5.74) is 6.16. The highest BCUT2D eigenvalue weighted by Crippen LogP contribution is 2.23. The number of aromatic nitrogens is 1. The molecule has 0 unspecified atom stereocenters. The minimum atomic E-state index is -0.258. The van der Waals surface area contributed by atoms with Crippen molar-refractivity contribution in [2.24, 2.45) is 5.10 Å². The lowest BCUT2D eigenvalue weighted by Crippen LogP contribution is -2.17. The highest BCUT2D eigenvalue weighted by atomic mass is 79.9. The molecular weight excluding hydrogens is 530 g/mol. The molecule has 30 heavy (non-hydrogen) atoms. The fourth-order valence-corrected chi connectivity index (χ4v) is 4.68. The Kier molecular flexibility index (Phi) is 6.37. The normalized spacial score (nSPS) is 11.3. The molecule has 4 nitrogen and oxygen atoms in total. The summed E-state index contributed by atoms with van der Waals surface area (Å²) >= 11 is 12.9. The van der Waals surface area contributed by atoms with E-state index in [1.807, 2.05) is 72.9 Å². The van der Waals surface area contributed by atoms with Crippen LogP contribution < -0.4 is 5.43 Å². The van der Waals surface area contributed by atoms with Gasteiger partial charge in [-0.1, -0.05) is 73.8 Å². The van der Waals surface area contributed by atoms with Gasteiger partial charge >= 0.3 is 0 Å². The minimum absolute atomic E-state index is 0.258. The van der Waals surface area contributed by atoms with Crippen molar-refractivity contribution in [2.75, 3.05) is 0 Å². The first-order chi connectivity index (χ1) is 14.5. The molecule has 1 heterocycles. The fraction of sp³-hybridized carbons (Fsp3) is 0.0435. The topological polar surface area (TPSA) is 46.4 Å². The van der Waals surface area contributed by atoms with E-state index >= 15 is 0 Å². The molecule has 1 N–H and O–H groups in total. The van der Waals surface area contributed by atoms with Gasteiger partial charge in [0.15, 0.2) is 0 Å². The highest BCUT2D eigenvalue weighted by Gasteiger charge is 2.14. The second-order valence-electron chi connectivity index (χ2n) is 6.72. The number of rotatable bonds is 5. The Labute approximate surface area is 195 Å². The average Bonchev–Trinajstić information content (AvgIpc) is 3.08. The van der Waals surface area contributed by atoms with E-state index in [9.17, 15) is 4.79 Å². The summed E-state index contributed by atoms with van der Waals surface area (Å²) in [6.07, 6.45) is 3.47. The van der Waals surface area contributed by atoms with E-state index in [4.69, 9.17) is 11.6 Å². The molecule has 0 atom stereocenters. The third kappa shape index (κ3) is 4.83. The Morgan fingerprint density at radius 2 is 1.73 bits per heavy atom. The lowest BCUT2D eigenvalue weighted by molar-refractivity contribution is 0.0956. The van der Waals surface area contributed by atoms with Crippen molar-refractivity contribution in [1.29, 1.82) is 0 Å². The van der Waals surface area contributed by atoms with Crippen LogP contribution in [0.2, 0.25) is 5.02 Å². The minimum Gasteiger partial charge on any atom is -0.342 e. The predicted octanol–water partition coefficient (Wildman–Crippen LogP) is 6.63. The van der Waals surface area contributed by atoms with Gasteiger partial charge in [-0.15, -0.1) is 0 Å². The van der Waals surface area contributed by atoms with Crippen LogP contribution >= 0.6 is 43.5 Å². The van der Waals surface area contributed by atoms with E-state index in [0.717, 1.165) is 31.0 Å². The van der Waals surface area contributed by atoms with Gasteiger partial charge in [0.1, 0.15) is 0 Å². The summed E-state index contributed by atoms with van der Waals surface area (Å²) < 4.78 is 3.91. The largest absolute Gasteiger partial charge is 0.342 e. The number of hydrazone groups is 1. The second kappa shape index (κ2) is 9.16. The number of halogens is 3. The van der Waals surface area contributed by atoms with E-state index in [1.54, 1.807) is 6.21 Å². The number of fused-ring (bicyclic) bond motifs is 1. The van der Waals surface area contributed by atoms with Gasteiger partial charge in [-0.3, -0.25) is 4.79 Å². The van der Waals surface area contributed by atoms with Crippen LogP contribution in [-0.4, -0.2) is 16.7 Å². The predicted molar refractivity (Wildman–Crippen MR) is 129 cm³/mol. The van der Waals surface area contributed by atoms with Crippen LogP contribution in [0.1, 0.15) is 21.5 Å². The van der Waals surface area contributed by atoms with Crippen LogP contribution in [0.3, 0.4) is 0 Å². The highest BCUT2D eigenvalue weighted by molar-refractivity contribution is 9.11. The Balaban J connectivity index is 1.58. The quantitative estimate of drug-likeness (QED) is 0.222. The number of carbonyl (C=O) groups excluding carboxylic acids is 1. The lowest BCUT2D eigenvalue weighted by atomic mass is 10.1. The van der Waals surface area contributed by atoms with Gasteiger partial charge in [-0.25, -0.2) is 5.43 Å². The SMILES string of the molecule is O=C(N/N=C/c1cc(Br)cc(Br)c1)c1cn(Cc2ccc(Cl)cc2)c2ccccc12. The summed E-state index contributed by atoms with van der Waals surface area (Å²) in [5.74, 6) is -0.258. The van der Waals surface area contributed by atoms with E-state index in [0.29, 0.717) is 17.1 Å². The third-order valence-electron chi connectivity index (χ3n) is 4.56. The number of amides is 1. The van der Waals surface area contributed by atoms with Crippen LogP contribution in [0.5, 0.6) is 0 Å². The summed E-state index contributed by atoms with van der Waals surface area (Å²) in [5, 5.41) is 5.70. The zero-order valence-corrected chi connectivity index (χ0v) is 19.6. The van der Waals surface area contributed by atoms with Gasteiger partial charge in [0.05, 0.1) is 11.8 Å². The molecule has 0 aliphatic heterocycles. The third-order valence-corrected chi connectivity index (χ3v) is 5.73. The molecule has 0 radical (unpaired) electrons. The van der Waals surface area contributed by atoms with Crippen molar-refractivity contribution >= 4 is 66.5 Å². The number of benzene rings is 3. The van der Waals surface area contributed by atoms with Crippen molar-refractivity contribution in [1.82, 2.24) is 9.99 Å². The molecule has 0 aliphatic carbocycles. The van der Waals surface area contributed by atoms with Gasteiger partial charge < -0.3 is 4.57 Å². The van der Waals surface area contributed by atoms with Crippen LogP contribution in [0.4, 0.5) is 0 Å². The maximum absolute atomic E-state index is 12.8. The Bertz CT molecular complexity index is 1230. The molecule has 1 amide bonds. The van der Waals surface area contributed by atoms with Gasteiger partial charge in [0, 0.05) is 37.6 Å². The molecule has 3 aromatic carbocycles. The van der Waals surface area contributed by atoms with E-state index < -0.39 is 0 Å². The molecule has 0 fully saturated rings. The average molecular weight is 546 g/mol. The maximum Gasteiger partial charge on any atom is 0.273 e. The summed E-state index contributed by atoms with van der Waals surface area (Å²) in [4.78, 5) is 12.8. The van der Waals surface area contributed by atoms with E-state index in [1.165, 1.54) is 0 Å². The van der Waals surface area contributed by atoms with Crippen molar-refractivity contribution in [3.8, 4) is 0 Å². The smallest absolute Gasteiger partial charge is 0.273 e. The number of nitrogens with zero attached hydrogens (tertiary/aromatic N) is 2. The van der Waals surface area contributed by atoms with Crippen LogP contribution in [0.25, 0.3) is 10.9 Å². The van der Waals surface area contributed by atoms with Gasteiger partial charge in [0.2, 0.25) is 0 Å². The zero-order valence-electron chi connectivity index (χ0n) is 15.6. The first-order valence-electron chi connectivity index (χ1n) is 9.11. The Morgan fingerprint density at radius 1 is 1.03 bits per heavy atom. The van der Waals surface area contributed by atoms with Gasteiger partial charge in [-0.2, -0.15) is 5.10 Å². The number of para-hydroxylation sites is 1. The molecule has 0 bridgehead atoms. The molecular formula is C23H16Br2ClN3O. The second-order valence-corrected chi connectivity index (χ2v) is 8.98. The zero-order chi connectivity index (χ0) is 21.1. The maximum atomic E-state index is 12.8. The molecule has 0 aliphatic rings. The van der Waals surface area contributed by atoms with Crippen molar-refractivity contribution in [2.45, 2.75) is 6.54 Å². The van der Waals surface area contributed by atoms with Gasteiger partial charge in [-0.05, 0) is 47.5 Å². The Hall–Kier alpha value is -2.41. The molecule has 0 spiro atoms. The molecule has 0 saturated heterocycles. The van der Waals surface area contributed by atoms with E-state index in [2.05, 4.69) is 47.0 Å². The van der Waals surface area contributed by atoms with Crippen LogP contribution in [0, 0.1) is 0 Å². The summed E-state index contributed by atoms with van der Waals surface area (Å²) in [7, 11) is 0. The van der Waals surface area contributed by atoms with Crippen LogP contribution in [0.15, 0.2) is 87.0 Å². The number of hydrogen-bond donors (Lipinski definition) is 1. The first kappa shape index (κ1) is 20.8. The standard InChI is InChI=1S/C23H16Br2ClN3O/c24-17-9-16(10-18(25)11-17)12-27-28-23(30)21-14-29(22-4-2-1-3-20(21)22)13-15-5-7-19(26)8-6-15/h1-12,14H,13H2,(H,28,30)/b27-12+. The Morgan fingerprint density at radius 3 is 2.47 bits per heavy atom. The number of nitrogens with one attached hydrogen (secondary N) is 1. The van der Waals surface area contributed by atoms with Gasteiger partial charge in [0.25, 0.3) is 5.91 Å². The first-order valence-corrected chi connectivity index (χ1v) is 11.1. The fourth-order valence-electron chi connectivity index (χ4n) is 3.22. The van der Waals surface area contributed by atoms with Crippen molar-refractivity contribution in [3.63, 3.8) is 0 Å². The number of hydrogen-bond acceptors (Lipinski definition) is 2. The molecule has 1 aromatic heterocycles. The van der Waals surface area contributed by atoms with Crippen LogP contribution in [-0.2, 0) is 6.54 Å². The van der Waals surface area contributed by atoms with E-state index in [-0.39, 0.29) is 5.91 Å².